The SMILES string of the molecule is Cc1ccc2nc(N3CCN(C(=O)OC(C)(C)C)CC3)[nH]c2c1. The minimum absolute atomic E-state index is 0.239. The number of aryl methyl sites for hydroxylation is 1. The maximum absolute atomic E-state index is 12.1. The number of aromatic nitrogens is 2. The van der Waals surface area contributed by atoms with E-state index < -0.39 is 5.60 Å². The normalized spacial score (nSPS) is 16.0. The van der Waals surface area contributed by atoms with Crippen LogP contribution in [0.5, 0.6) is 0 Å². The summed E-state index contributed by atoms with van der Waals surface area (Å²) in [5.41, 5.74) is 2.78. The second-order valence-corrected chi connectivity index (χ2v) is 7.04. The molecule has 0 unspecified atom stereocenters. The van der Waals surface area contributed by atoms with Gasteiger partial charge < -0.3 is 19.5 Å². The smallest absolute Gasteiger partial charge is 0.410 e. The van der Waals surface area contributed by atoms with E-state index in [2.05, 4.69) is 33.9 Å². The van der Waals surface area contributed by atoms with Gasteiger partial charge in [0.1, 0.15) is 5.60 Å². The van der Waals surface area contributed by atoms with E-state index in [4.69, 9.17) is 4.74 Å². The van der Waals surface area contributed by atoms with Gasteiger partial charge in [-0.2, -0.15) is 0 Å². The molecule has 1 aliphatic heterocycles. The average Bonchev–Trinajstić information content (AvgIpc) is 2.88. The Morgan fingerprint density at radius 3 is 2.57 bits per heavy atom. The summed E-state index contributed by atoms with van der Waals surface area (Å²) in [6, 6.07) is 6.19. The molecule has 23 heavy (non-hydrogen) atoms. The molecule has 1 aromatic carbocycles. The topological polar surface area (TPSA) is 61.5 Å². The van der Waals surface area contributed by atoms with Gasteiger partial charge in [-0.3, -0.25) is 0 Å². The van der Waals surface area contributed by atoms with Crippen molar-refractivity contribution in [1.29, 1.82) is 0 Å². The zero-order chi connectivity index (χ0) is 16.6. The number of nitrogens with zero attached hydrogens (tertiary/aromatic N) is 3. The third kappa shape index (κ3) is 3.57. The highest BCUT2D eigenvalue weighted by Crippen LogP contribution is 2.20. The number of fused-ring (bicyclic) bond motifs is 1. The molecule has 0 saturated carbocycles. The highest BCUT2D eigenvalue weighted by atomic mass is 16.6. The van der Waals surface area contributed by atoms with E-state index in [1.165, 1.54) is 5.56 Å². The second-order valence-electron chi connectivity index (χ2n) is 7.04. The molecular weight excluding hydrogens is 292 g/mol. The molecule has 6 heteroatoms. The second kappa shape index (κ2) is 5.76. The number of H-pyrrole nitrogens is 1. The van der Waals surface area contributed by atoms with Gasteiger partial charge in [-0.15, -0.1) is 0 Å². The lowest BCUT2D eigenvalue weighted by Crippen LogP contribution is -2.50. The molecule has 124 valence electrons. The Balaban J connectivity index is 1.65. The fourth-order valence-corrected chi connectivity index (χ4v) is 2.69. The minimum atomic E-state index is -0.454. The van der Waals surface area contributed by atoms with Gasteiger partial charge in [0.25, 0.3) is 0 Å². The van der Waals surface area contributed by atoms with Crippen molar-refractivity contribution in [2.24, 2.45) is 0 Å². The van der Waals surface area contributed by atoms with Crippen LogP contribution in [0.4, 0.5) is 10.7 Å². The van der Waals surface area contributed by atoms with Crippen LogP contribution in [-0.4, -0.2) is 52.7 Å². The summed E-state index contributed by atoms with van der Waals surface area (Å²) in [6.45, 7) is 10.5. The average molecular weight is 316 g/mol. The lowest BCUT2D eigenvalue weighted by molar-refractivity contribution is 0.0240. The molecule has 2 heterocycles. The molecule has 1 amide bonds. The van der Waals surface area contributed by atoms with E-state index in [1.807, 2.05) is 26.8 Å². The maximum Gasteiger partial charge on any atom is 0.410 e. The van der Waals surface area contributed by atoms with Crippen LogP contribution in [-0.2, 0) is 4.74 Å². The van der Waals surface area contributed by atoms with Crippen molar-refractivity contribution in [2.75, 3.05) is 31.1 Å². The van der Waals surface area contributed by atoms with Crippen LogP contribution in [0.1, 0.15) is 26.3 Å². The number of amides is 1. The first-order valence-electron chi connectivity index (χ1n) is 8.01. The molecule has 0 bridgehead atoms. The molecule has 1 N–H and O–H groups in total. The predicted octanol–water partition coefficient (Wildman–Crippen LogP) is 2.93. The van der Waals surface area contributed by atoms with Crippen LogP contribution in [0, 0.1) is 6.92 Å². The Morgan fingerprint density at radius 2 is 1.91 bits per heavy atom. The quantitative estimate of drug-likeness (QED) is 0.879. The monoisotopic (exact) mass is 316 g/mol. The number of carbonyl (C=O) groups is 1. The summed E-state index contributed by atoms with van der Waals surface area (Å²) >= 11 is 0. The van der Waals surface area contributed by atoms with Crippen molar-refractivity contribution < 1.29 is 9.53 Å². The third-order valence-corrected chi connectivity index (χ3v) is 3.86. The van der Waals surface area contributed by atoms with E-state index in [9.17, 15) is 4.79 Å². The van der Waals surface area contributed by atoms with Gasteiger partial charge in [-0.1, -0.05) is 6.07 Å². The molecule has 0 aliphatic carbocycles. The Hall–Kier alpha value is -2.24. The molecule has 6 nitrogen and oxygen atoms in total. The van der Waals surface area contributed by atoms with E-state index >= 15 is 0 Å². The number of nitrogens with one attached hydrogen (secondary N) is 1. The minimum Gasteiger partial charge on any atom is -0.444 e. The maximum atomic E-state index is 12.1. The Morgan fingerprint density at radius 1 is 1.22 bits per heavy atom. The van der Waals surface area contributed by atoms with Gasteiger partial charge in [-0.05, 0) is 45.4 Å². The van der Waals surface area contributed by atoms with Crippen LogP contribution < -0.4 is 4.90 Å². The summed E-state index contributed by atoms with van der Waals surface area (Å²) < 4.78 is 5.42. The largest absolute Gasteiger partial charge is 0.444 e. The lowest BCUT2D eigenvalue weighted by atomic mass is 10.2. The molecule has 0 atom stereocenters. The zero-order valence-electron chi connectivity index (χ0n) is 14.2. The number of hydrogen-bond acceptors (Lipinski definition) is 4. The van der Waals surface area contributed by atoms with Crippen LogP contribution in [0.3, 0.4) is 0 Å². The summed E-state index contributed by atoms with van der Waals surface area (Å²) in [5.74, 6) is 0.870. The van der Waals surface area contributed by atoms with Crippen molar-refractivity contribution in [2.45, 2.75) is 33.3 Å². The molecule has 0 radical (unpaired) electrons. The molecule has 0 spiro atoms. The Kier molecular flexibility index (Phi) is 3.92. The fraction of sp³-hybridized carbons (Fsp3) is 0.529. The molecule has 2 aromatic rings. The molecule has 1 aliphatic rings. The Bertz CT molecular complexity index is 709. The van der Waals surface area contributed by atoms with Crippen molar-refractivity contribution in [3.8, 4) is 0 Å². The fourth-order valence-electron chi connectivity index (χ4n) is 2.69. The van der Waals surface area contributed by atoms with Crippen LogP contribution >= 0.6 is 0 Å². The van der Waals surface area contributed by atoms with Crippen molar-refractivity contribution in [3.63, 3.8) is 0 Å². The van der Waals surface area contributed by atoms with Crippen LogP contribution in [0.15, 0.2) is 18.2 Å². The predicted molar refractivity (Wildman–Crippen MR) is 90.9 cm³/mol. The van der Waals surface area contributed by atoms with E-state index in [1.54, 1.807) is 4.90 Å². The number of benzene rings is 1. The number of ether oxygens (including phenoxy) is 1. The number of anilines is 1. The first-order chi connectivity index (χ1) is 10.8. The summed E-state index contributed by atoms with van der Waals surface area (Å²) in [7, 11) is 0. The molecular formula is C17H24N4O2. The zero-order valence-corrected chi connectivity index (χ0v) is 14.2. The summed E-state index contributed by atoms with van der Waals surface area (Å²) in [6.07, 6.45) is -0.239. The van der Waals surface area contributed by atoms with Gasteiger partial charge in [0.2, 0.25) is 5.95 Å². The first-order valence-corrected chi connectivity index (χ1v) is 8.01. The van der Waals surface area contributed by atoms with E-state index in [0.29, 0.717) is 13.1 Å². The van der Waals surface area contributed by atoms with Gasteiger partial charge in [0.05, 0.1) is 11.0 Å². The summed E-state index contributed by atoms with van der Waals surface area (Å²) in [5, 5.41) is 0. The van der Waals surface area contributed by atoms with Gasteiger partial charge in [-0.25, -0.2) is 9.78 Å². The van der Waals surface area contributed by atoms with Crippen molar-refractivity contribution in [1.82, 2.24) is 14.9 Å². The number of piperazine rings is 1. The Labute approximate surface area is 136 Å². The van der Waals surface area contributed by atoms with Crippen molar-refractivity contribution in [3.05, 3.63) is 23.8 Å². The van der Waals surface area contributed by atoms with E-state index in [0.717, 1.165) is 30.1 Å². The van der Waals surface area contributed by atoms with E-state index in [-0.39, 0.29) is 6.09 Å². The third-order valence-electron chi connectivity index (χ3n) is 3.86. The number of imidazole rings is 1. The lowest BCUT2D eigenvalue weighted by Gasteiger charge is -2.35. The molecule has 1 aromatic heterocycles. The molecule has 1 saturated heterocycles. The summed E-state index contributed by atoms with van der Waals surface area (Å²) in [4.78, 5) is 24.0. The molecule has 3 rings (SSSR count). The number of aromatic amines is 1. The highest BCUT2D eigenvalue weighted by Gasteiger charge is 2.26. The van der Waals surface area contributed by atoms with Gasteiger partial charge in [0.15, 0.2) is 0 Å². The number of hydrogen-bond donors (Lipinski definition) is 1. The van der Waals surface area contributed by atoms with Crippen LogP contribution in [0.25, 0.3) is 11.0 Å². The standard InChI is InChI=1S/C17H24N4O2/c1-12-5-6-13-14(11-12)19-15(18-13)20-7-9-21(10-8-20)16(22)23-17(2,3)4/h5-6,11H,7-10H2,1-4H3,(H,18,19). The first kappa shape index (κ1) is 15.6. The van der Waals surface area contributed by atoms with Gasteiger partial charge in [0, 0.05) is 26.2 Å². The number of rotatable bonds is 1. The molecule has 1 fully saturated rings. The van der Waals surface area contributed by atoms with Crippen LogP contribution in [0.2, 0.25) is 0 Å². The van der Waals surface area contributed by atoms with Gasteiger partial charge >= 0.3 is 6.09 Å². The number of carbonyl (C=O) groups excluding carboxylic acids is 1. The van der Waals surface area contributed by atoms with Crippen molar-refractivity contribution >= 4 is 23.1 Å². The highest BCUT2D eigenvalue weighted by molar-refractivity contribution is 5.78.